The van der Waals surface area contributed by atoms with E-state index in [0.29, 0.717) is 5.92 Å². The van der Waals surface area contributed by atoms with Crippen LogP contribution in [0, 0.1) is 11.3 Å². The van der Waals surface area contributed by atoms with Crippen LogP contribution in [0.25, 0.3) is 0 Å². The lowest BCUT2D eigenvalue weighted by Crippen LogP contribution is -2.47. The number of hydrogen-bond donors (Lipinski definition) is 1. The molecule has 2 unspecified atom stereocenters. The Labute approximate surface area is 240 Å². The summed E-state index contributed by atoms with van der Waals surface area (Å²) in [4.78, 5) is 12.6. The molecule has 38 heavy (non-hydrogen) atoms. The number of carboxylic acids is 1. The van der Waals surface area contributed by atoms with Gasteiger partial charge >= 0.3 is 0 Å². The molecule has 0 aliphatic heterocycles. The van der Waals surface area contributed by atoms with Crippen molar-refractivity contribution in [2.45, 2.75) is 207 Å². The Hall–Kier alpha value is -0.570. The topological polar surface area (TPSA) is 76.6 Å². The van der Waals surface area contributed by atoms with E-state index in [1.807, 2.05) is 0 Å². The molecule has 0 rings (SSSR count). The maximum absolute atomic E-state index is 12.6. The van der Waals surface area contributed by atoms with Crippen molar-refractivity contribution in [2.24, 2.45) is 11.3 Å². The molecule has 0 saturated carbocycles. The Bertz CT molecular complexity index is 481. The molecule has 0 aromatic carbocycles. The zero-order valence-corrected chi connectivity index (χ0v) is 27.2. The summed E-state index contributed by atoms with van der Waals surface area (Å²) >= 11 is 0. The maximum atomic E-state index is 12.6. The summed E-state index contributed by atoms with van der Waals surface area (Å²) in [6.07, 6.45) is 35.1. The molecule has 0 heterocycles. The summed E-state index contributed by atoms with van der Waals surface area (Å²) in [6.45, 7) is 8.93. The van der Waals surface area contributed by atoms with E-state index in [0.717, 1.165) is 44.9 Å². The minimum Gasteiger partial charge on any atom is -0.550 e. The number of carbonyl (C=O) groups excluding carboxylic acids is 1. The van der Waals surface area contributed by atoms with E-state index in [-0.39, 0.29) is 6.15 Å². The van der Waals surface area contributed by atoms with Crippen molar-refractivity contribution >= 4 is 5.97 Å². The van der Waals surface area contributed by atoms with Crippen molar-refractivity contribution in [1.29, 1.82) is 0 Å². The van der Waals surface area contributed by atoms with Crippen LogP contribution >= 0.6 is 0 Å². The Kier molecular flexibility index (Phi) is 30.6. The fraction of sp³-hybridized carbons (Fsp3) is 0.971. The number of rotatable bonds is 30. The predicted octanol–water partition coefficient (Wildman–Crippen LogP) is 11.7. The number of carboxylic acid groups (broad SMARTS) is 1. The molecule has 3 heteroatoms. The highest BCUT2D eigenvalue weighted by Gasteiger charge is 2.38. The molecule has 0 spiro atoms. The van der Waals surface area contributed by atoms with Crippen LogP contribution in [0.3, 0.4) is 0 Å². The third-order valence-corrected chi connectivity index (χ3v) is 8.90. The Balaban J connectivity index is 0. The number of unbranched alkanes of at least 4 members (excludes halogenated alkanes) is 20. The smallest absolute Gasteiger partial charge is 0.0478 e. The Morgan fingerprint density at radius 3 is 1.18 bits per heavy atom. The van der Waals surface area contributed by atoms with Gasteiger partial charge in [0.1, 0.15) is 0 Å². The summed E-state index contributed by atoms with van der Waals surface area (Å²) in [5, 5.41) is 12.6. The second-order valence-electron chi connectivity index (χ2n) is 12.3. The van der Waals surface area contributed by atoms with Crippen molar-refractivity contribution in [2.75, 3.05) is 0 Å². The quantitative estimate of drug-likeness (QED) is 0.0921. The highest BCUT2D eigenvalue weighted by atomic mass is 16.4. The van der Waals surface area contributed by atoms with Crippen molar-refractivity contribution < 1.29 is 9.90 Å². The van der Waals surface area contributed by atoms with Gasteiger partial charge in [0.05, 0.1) is 0 Å². The van der Waals surface area contributed by atoms with Crippen LogP contribution in [-0.4, -0.2) is 5.97 Å². The first-order valence-electron chi connectivity index (χ1n) is 17.3. The Morgan fingerprint density at radius 2 is 0.842 bits per heavy atom. The van der Waals surface area contributed by atoms with E-state index in [1.165, 1.54) is 135 Å². The maximum Gasteiger partial charge on any atom is 0.0478 e. The third kappa shape index (κ3) is 20.3. The van der Waals surface area contributed by atoms with Gasteiger partial charge in [0.25, 0.3) is 0 Å². The van der Waals surface area contributed by atoms with Crippen molar-refractivity contribution in [3.8, 4) is 0 Å². The van der Waals surface area contributed by atoms with Crippen LogP contribution in [0.2, 0.25) is 0 Å². The van der Waals surface area contributed by atoms with E-state index < -0.39 is 11.4 Å². The van der Waals surface area contributed by atoms with Crippen LogP contribution in [0.15, 0.2) is 0 Å². The van der Waals surface area contributed by atoms with Crippen molar-refractivity contribution in [3.63, 3.8) is 0 Å². The molecule has 0 saturated heterocycles. The molecule has 0 aliphatic rings. The summed E-state index contributed by atoms with van der Waals surface area (Å²) in [7, 11) is 0. The molecule has 0 amide bonds. The van der Waals surface area contributed by atoms with E-state index in [2.05, 4.69) is 27.7 Å². The number of hydrogen-bond acceptors (Lipinski definition) is 2. The molecule has 0 bridgehead atoms. The van der Waals surface area contributed by atoms with Crippen LogP contribution < -0.4 is 11.3 Å². The highest BCUT2D eigenvalue weighted by Crippen LogP contribution is 2.43. The van der Waals surface area contributed by atoms with Gasteiger partial charge in [0, 0.05) is 11.4 Å². The van der Waals surface area contributed by atoms with Gasteiger partial charge in [-0.25, -0.2) is 0 Å². The van der Waals surface area contributed by atoms with Crippen LogP contribution in [0.4, 0.5) is 0 Å². The van der Waals surface area contributed by atoms with Gasteiger partial charge in [-0.2, -0.15) is 0 Å². The monoisotopic (exact) mass is 540 g/mol. The molecule has 0 aromatic rings. The van der Waals surface area contributed by atoms with Crippen LogP contribution in [-0.2, 0) is 4.79 Å². The van der Waals surface area contributed by atoms with Gasteiger partial charge < -0.3 is 16.1 Å². The molecular weight excluding hydrogens is 466 g/mol. The normalized spacial score (nSPS) is 13.7. The third-order valence-electron chi connectivity index (χ3n) is 8.90. The standard InChI is InChI=1S/C35H70O2.H3N/c1-5-9-11-13-15-17-18-19-20-21-23-25-27-30-33(29-7-3)35(31-8-4,34(36)37)32-28-26-24-22-16-14-12-10-6-2;/h33H,5-32H2,1-4H3,(H,36,37);1H3. The molecule has 0 aromatic heterocycles. The van der Waals surface area contributed by atoms with Crippen LogP contribution in [0.5, 0.6) is 0 Å². The summed E-state index contributed by atoms with van der Waals surface area (Å²) in [5.74, 6) is -0.453. The summed E-state index contributed by atoms with van der Waals surface area (Å²) in [6, 6.07) is 0. The largest absolute Gasteiger partial charge is 0.550 e. The van der Waals surface area contributed by atoms with Gasteiger partial charge in [-0.05, 0) is 31.6 Å². The van der Waals surface area contributed by atoms with Gasteiger partial charge in [-0.3, -0.25) is 0 Å². The molecule has 0 radical (unpaired) electrons. The lowest BCUT2D eigenvalue weighted by atomic mass is 9.65. The average Bonchev–Trinajstić information content (AvgIpc) is 2.89. The molecule has 0 fully saturated rings. The summed E-state index contributed by atoms with van der Waals surface area (Å²) in [5.41, 5.74) is -0.594. The number of aliphatic carboxylic acids is 1. The number of carbonyl (C=O) groups is 1. The molecular formula is C35H73NO2. The van der Waals surface area contributed by atoms with E-state index in [1.54, 1.807) is 0 Å². The van der Waals surface area contributed by atoms with E-state index >= 15 is 0 Å². The minimum absolute atomic E-state index is 0. The second-order valence-corrected chi connectivity index (χ2v) is 12.3. The first-order chi connectivity index (χ1) is 18.1. The lowest BCUT2D eigenvalue weighted by molar-refractivity contribution is -0.323. The fourth-order valence-electron chi connectivity index (χ4n) is 6.56. The minimum atomic E-state index is -0.748. The van der Waals surface area contributed by atoms with Crippen molar-refractivity contribution in [3.05, 3.63) is 0 Å². The van der Waals surface area contributed by atoms with E-state index in [4.69, 9.17) is 0 Å². The lowest BCUT2D eigenvalue weighted by Gasteiger charge is -2.42. The SMILES string of the molecule is CCCCCCCCCCCCCCCC(CCC)C(CCC)(CCCCCCCCCCC)C(=O)[O-].[NH4+]. The van der Waals surface area contributed by atoms with Gasteiger partial charge in [0.15, 0.2) is 0 Å². The molecule has 2 atom stereocenters. The zero-order chi connectivity index (χ0) is 27.5. The van der Waals surface area contributed by atoms with Crippen LogP contribution in [0.1, 0.15) is 207 Å². The first-order valence-corrected chi connectivity index (χ1v) is 17.3. The second kappa shape index (κ2) is 29.4. The molecule has 230 valence electrons. The molecule has 4 N–H and O–H groups in total. The molecule has 0 aliphatic carbocycles. The predicted molar refractivity (Wildman–Crippen MR) is 169 cm³/mol. The van der Waals surface area contributed by atoms with Crippen molar-refractivity contribution in [1.82, 2.24) is 6.15 Å². The first kappa shape index (κ1) is 39.6. The summed E-state index contributed by atoms with van der Waals surface area (Å²) < 4.78 is 0. The molecule has 3 nitrogen and oxygen atoms in total. The Morgan fingerprint density at radius 1 is 0.474 bits per heavy atom. The van der Waals surface area contributed by atoms with E-state index in [9.17, 15) is 9.90 Å². The van der Waals surface area contributed by atoms with Gasteiger partial charge in [-0.15, -0.1) is 0 Å². The highest BCUT2D eigenvalue weighted by molar-refractivity contribution is 5.72. The number of quaternary nitrogens is 1. The van der Waals surface area contributed by atoms with Gasteiger partial charge in [0.2, 0.25) is 0 Å². The van der Waals surface area contributed by atoms with Gasteiger partial charge in [-0.1, -0.05) is 182 Å². The zero-order valence-electron chi connectivity index (χ0n) is 27.2. The fourth-order valence-corrected chi connectivity index (χ4v) is 6.56. The average molecular weight is 540 g/mol.